The van der Waals surface area contributed by atoms with Crippen LogP contribution in [0.15, 0.2) is 47.4 Å². The predicted octanol–water partition coefficient (Wildman–Crippen LogP) is 2.30. The zero-order valence-electron chi connectivity index (χ0n) is 16.2. The molecular weight excluding hydrogens is 378 g/mol. The Morgan fingerprint density at radius 1 is 1.24 bits per heavy atom. The summed E-state index contributed by atoms with van der Waals surface area (Å²) in [6.07, 6.45) is 2.03. The van der Waals surface area contributed by atoms with E-state index in [1.165, 1.54) is 16.8 Å². The number of carbonyl (C=O) groups is 2. The van der Waals surface area contributed by atoms with Crippen molar-refractivity contribution in [2.45, 2.75) is 39.0 Å². The van der Waals surface area contributed by atoms with Gasteiger partial charge in [0.25, 0.3) is 0 Å². The van der Waals surface area contributed by atoms with E-state index in [4.69, 9.17) is 14.3 Å². The second kappa shape index (κ2) is 9.33. The van der Waals surface area contributed by atoms with Gasteiger partial charge in [-0.15, -0.1) is 0 Å². The molecule has 9 heteroatoms. The normalized spacial score (nSPS) is 18.4. The SMILES string of the molecule is CC(C)C(=O)OCC1CCC(n2ccc(NOC(=O)c3ccccc3)nc2=O)O1. The van der Waals surface area contributed by atoms with E-state index in [0.29, 0.717) is 18.4 Å². The highest BCUT2D eigenvalue weighted by atomic mass is 16.7. The first-order chi connectivity index (χ1) is 13.9. The Labute approximate surface area is 167 Å². The molecule has 0 bridgehead atoms. The van der Waals surface area contributed by atoms with Crippen molar-refractivity contribution in [3.05, 3.63) is 58.6 Å². The maximum Gasteiger partial charge on any atom is 0.362 e. The van der Waals surface area contributed by atoms with Gasteiger partial charge in [0.15, 0.2) is 5.82 Å². The van der Waals surface area contributed by atoms with Crippen molar-refractivity contribution in [3.63, 3.8) is 0 Å². The zero-order chi connectivity index (χ0) is 20.8. The Morgan fingerprint density at radius 2 is 2.00 bits per heavy atom. The lowest BCUT2D eigenvalue weighted by molar-refractivity contribution is -0.152. The Hall–Kier alpha value is -3.20. The number of anilines is 1. The Morgan fingerprint density at radius 3 is 2.69 bits per heavy atom. The molecule has 1 fully saturated rings. The minimum Gasteiger partial charge on any atom is -0.463 e. The van der Waals surface area contributed by atoms with E-state index < -0.39 is 17.9 Å². The van der Waals surface area contributed by atoms with Crippen molar-refractivity contribution in [1.29, 1.82) is 0 Å². The topological polar surface area (TPSA) is 109 Å². The van der Waals surface area contributed by atoms with E-state index in [1.54, 1.807) is 44.2 Å². The van der Waals surface area contributed by atoms with E-state index in [-0.39, 0.29) is 30.4 Å². The highest BCUT2D eigenvalue weighted by Crippen LogP contribution is 2.27. The van der Waals surface area contributed by atoms with E-state index in [0.717, 1.165) is 0 Å². The van der Waals surface area contributed by atoms with Crippen LogP contribution in [0.25, 0.3) is 0 Å². The second-order valence-electron chi connectivity index (χ2n) is 6.94. The number of benzene rings is 1. The van der Waals surface area contributed by atoms with Crippen LogP contribution < -0.4 is 11.2 Å². The van der Waals surface area contributed by atoms with Gasteiger partial charge in [-0.3, -0.25) is 9.36 Å². The lowest BCUT2D eigenvalue weighted by atomic mass is 10.2. The summed E-state index contributed by atoms with van der Waals surface area (Å²) >= 11 is 0. The van der Waals surface area contributed by atoms with Crippen molar-refractivity contribution in [2.75, 3.05) is 12.1 Å². The quantitative estimate of drug-likeness (QED) is 0.556. The predicted molar refractivity (Wildman–Crippen MR) is 103 cm³/mol. The molecule has 1 aromatic carbocycles. The van der Waals surface area contributed by atoms with Crippen molar-refractivity contribution < 1.29 is 23.9 Å². The summed E-state index contributed by atoms with van der Waals surface area (Å²) in [5.74, 6) is -0.961. The molecule has 2 aromatic rings. The molecule has 0 saturated carbocycles. The molecule has 1 aliphatic heterocycles. The van der Waals surface area contributed by atoms with Gasteiger partial charge in [-0.2, -0.15) is 10.5 Å². The molecule has 0 aliphatic carbocycles. The number of hydrogen-bond donors (Lipinski definition) is 1. The molecule has 1 saturated heterocycles. The monoisotopic (exact) mass is 401 g/mol. The van der Waals surface area contributed by atoms with Crippen LogP contribution in [0.5, 0.6) is 0 Å². The molecule has 2 heterocycles. The molecule has 3 rings (SSSR count). The van der Waals surface area contributed by atoms with Gasteiger partial charge in [-0.1, -0.05) is 32.0 Å². The third-order valence-corrected chi connectivity index (χ3v) is 4.37. The van der Waals surface area contributed by atoms with Gasteiger partial charge in [-0.05, 0) is 25.0 Å². The van der Waals surface area contributed by atoms with Gasteiger partial charge in [0, 0.05) is 12.3 Å². The third kappa shape index (κ3) is 5.41. The molecule has 2 unspecified atom stereocenters. The molecule has 1 N–H and O–H groups in total. The molecule has 1 aromatic heterocycles. The zero-order valence-corrected chi connectivity index (χ0v) is 16.2. The van der Waals surface area contributed by atoms with Crippen LogP contribution in [0, 0.1) is 5.92 Å². The number of aromatic nitrogens is 2. The first-order valence-corrected chi connectivity index (χ1v) is 9.37. The standard InChI is InChI=1S/C20H23N3O6/c1-13(2)18(24)27-12-15-8-9-17(28-15)23-11-10-16(21-20(23)26)22-29-19(25)14-6-4-3-5-7-14/h3-7,10-11,13,15,17H,8-9,12H2,1-2H3,(H,21,22,26). The Bertz CT molecular complexity index is 912. The Balaban J connectivity index is 1.54. The summed E-state index contributed by atoms with van der Waals surface area (Å²) in [5.41, 5.74) is 2.21. The van der Waals surface area contributed by atoms with E-state index in [9.17, 15) is 14.4 Å². The first-order valence-electron chi connectivity index (χ1n) is 9.37. The molecule has 1 aliphatic rings. The summed E-state index contributed by atoms with van der Waals surface area (Å²) in [6.45, 7) is 3.68. The Kier molecular flexibility index (Phi) is 6.61. The van der Waals surface area contributed by atoms with E-state index >= 15 is 0 Å². The number of hydrogen-bond acceptors (Lipinski definition) is 8. The van der Waals surface area contributed by atoms with Gasteiger partial charge in [0.05, 0.1) is 17.6 Å². The van der Waals surface area contributed by atoms with Gasteiger partial charge >= 0.3 is 17.6 Å². The highest BCUT2D eigenvalue weighted by molar-refractivity contribution is 5.89. The summed E-state index contributed by atoms with van der Waals surface area (Å²) in [5, 5.41) is 0. The minimum atomic E-state index is -0.588. The summed E-state index contributed by atoms with van der Waals surface area (Å²) < 4.78 is 12.3. The van der Waals surface area contributed by atoms with Gasteiger partial charge < -0.3 is 14.3 Å². The number of nitrogens with one attached hydrogen (secondary N) is 1. The number of ether oxygens (including phenoxy) is 2. The van der Waals surface area contributed by atoms with Crippen molar-refractivity contribution in [2.24, 2.45) is 5.92 Å². The lowest BCUT2D eigenvalue weighted by Gasteiger charge is -2.16. The van der Waals surface area contributed by atoms with Crippen LogP contribution in [0.2, 0.25) is 0 Å². The molecule has 2 atom stereocenters. The molecular formula is C20H23N3O6. The summed E-state index contributed by atoms with van der Waals surface area (Å²) in [4.78, 5) is 44.6. The number of nitrogens with zero attached hydrogens (tertiary/aromatic N) is 2. The van der Waals surface area contributed by atoms with Gasteiger partial charge in [0.2, 0.25) is 0 Å². The minimum absolute atomic E-state index is 0.107. The highest BCUT2D eigenvalue weighted by Gasteiger charge is 2.28. The molecule has 154 valence electrons. The van der Waals surface area contributed by atoms with Crippen LogP contribution >= 0.6 is 0 Å². The van der Waals surface area contributed by atoms with Crippen LogP contribution in [-0.2, 0) is 19.1 Å². The van der Waals surface area contributed by atoms with Crippen molar-refractivity contribution in [3.8, 4) is 0 Å². The van der Waals surface area contributed by atoms with E-state index in [1.807, 2.05) is 0 Å². The molecule has 0 amide bonds. The molecule has 29 heavy (non-hydrogen) atoms. The second-order valence-corrected chi connectivity index (χ2v) is 6.94. The fraction of sp³-hybridized carbons (Fsp3) is 0.400. The number of rotatable bonds is 7. The van der Waals surface area contributed by atoms with Crippen LogP contribution in [0.4, 0.5) is 5.82 Å². The third-order valence-electron chi connectivity index (χ3n) is 4.37. The maximum atomic E-state index is 12.3. The van der Waals surface area contributed by atoms with Crippen LogP contribution in [0.3, 0.4) is 0 Å². The first kappa shape index (κ1) is 20.5. The average molecular weight is 401 g/mol. The van der Waals surface area contributed by atoms with Gasteiger partial charge in [0.1, 0.15) is 12.8 Å². The molecule has 9 nitrogen and oxygen atoms in total. The fourth-order valence-corrected chi connectivity index (χ4v) is 2.78. The largest absolute Gasteiger partial charge is 0.463 e. The van der Waals surface area contributed by atoms with E-state index in [2.05, 4.69) is 10.5 Å². The number of carbonyl (C=O) groups excluding carboxylic acids is 2. The summed E-state index contributed by atoms with van der Waals surface area (Å²) in [7, 11) is 0. The van der Waals surface area contributed by atoms with Crippen molar-refractivity contribution in [1.82, 2.24) is 9.55 Å². The van der Waals surface area contributed by atoms with Gasteiger partial charge in [-0.25, -0.2) is 9.59 Å². The smallest absolute Gasteiger partial charge is 0.362 e. The summed E-state index contributed by atoms with van der Waals surface area (Å²) in [6, 6.07) is 9.96. The molecule has 0 spiro atoms. The van der Waals surface area contributed by atoms with Crippen LogP contribution in [0.1, 0.15) is 43.3 Å². The van der Waals surface area contributed by atoms with Crippen molar-refractivity contribution >= 4 is 17.8 Å². The fourth-order valence-electron chi connectivity index (χ4n) is 2.78. The average Bonchev–Trinajstić information content (AvgIpc) is 3.19. The maximum absolute atomic E-state index is 12.3. The lowest BCUT2D eigenvalue weighted by Crippen LogP contribution is -2.28. The number of esters is 1. The van der Waals surface area contributed by atoms with Crippen LogP contribution in [-0.4, -0.2) is 34.2 Å². The molecule has 0 radical (unpaired) electrons.